The summed E-state index contributed by atoms with van der Waals surface area (Å²) in [5.41, 5.74) is -3.06. The minimum atomic E-state index is -4.48. The van der Waals surface area contributed by atoms with Crippen molar-refractivity contribution in [3.8, 4) is 16.9 Å². The highest BCUT2D eigenvalue weighted by Crippen LogP contribution is 2.43. The largest absolute Gasteiger partial charge is 0.482 e. The van der Waals surface area contributed by atoms with Crippen LogP contribution < -0.4 is 9.64 Å². The Morgan fingerprint density at radius 3 is 2.31 bits per heavy atom. The molecule has 29 heavy (non-hydrogen) atoms. The zero-order valence-corrected chi connectivity index (χ0v) is 14.2. The van der Waals surface area contributed by atoms with Crippen LogP contribution in [0.3, 0.4) is 0 Å². The molecule has 2 aromatic rings. The van der Waals surface area contributed by atoms with Gasteiger partial charge in [0.25, 0.3) is 0 Å². The Kier molecular flexibility index (Phi) is 4.89. The van der Waals surface area contributed by atoms with E-state index in [0.29, 0.717) is 6.07 Å². The van der Waals surface area contributed by atoms with Crippen LogP contribution in [-0.2, 0) is 14.3 Å². The number of esters is 1. The van der Waals surface area contributed by atoms with Crippen molar-refractivity contribution in [3.63, 3.8) is 0 Å². The molecular weight excluding hydrogens is 415 g/mol. The van der Waals surface area contributed by atoms with Gasteiger partial charge in [-0.15, -0.1) is 0 Å². The molecule has 0 saturated carbocycles. The maximum Gasteiger partial charge on any atom is 0.482 e. The molecule has 1 amide bonds. The van der Waals surface area contributed by atoms with Crippen LogP contribution in [0.1, 0.15) is 0 Å². The smallest absolute Gasteiger partial charge is 0.468 e. The van der Waals surface area contributed by atoms with Gasteiger partial charge >= 0.3 is 18.0 Å². The van der Waals surface area contributed by atoms with E-state index in [2.05, 4.69) is 9.47 Å². The molecule has 0 aromatic heterocycles. The molecule has 154 valence electrons. The van der Waals surface area contributed by atoms with E-state index in [-0.39, 0.29) is 17.0 Å². The van der Waals surface area contributed by atoms with Crippen LogP contribution in [0.5, 0.6) is 5.75 Å². The summed E-state index contributed by atoms with van der Waals surface area (Å²) >= 11 is 0. The maximum atomic E-state index is 14.4. The lowest BCUT2D eigenvalue weighted by Gasteiger charge is -2.33. The van der Waals surface area contributed by atoms with Gasteiger partial charge in [-0.05, 0) is 6.07 Å². The number of carbonyl (C=O) groups is 2. The fraction of sp³-hybridized carbons (Fsp3) is 0.176. The van der Waals surface area contributed by atoms with E-state index in [1.807, 2.05) is 0 Å². The van der Waals surface area contributed by atoms with E-state index in [0.717, 1.165) is 7.11 Å². The topological polar surface area (TPSA) is 55.8 Å². The predicted octanol–water partition coefficient (Wildman–Crippen LogP) is 3.54. The number of carbonyl (C=O) groups excluding carboxylic acids is 2. The van der Waals surface area contributed by atoms with Gasteiger partial charge in [-0.1, -0.05) is 0 Å². The van der Waals surface area contributed by atoms with Gasteiger partial charge in [0.05, 0.1) is 18.4 Å². The van der Waals surface area contributed by atoms with E-state index in [9.17, 15) is 40.3 Å². The predicted molar refractivity (Wildman–Crippen MR) is 81.6 cm³/mol. The van der Waals surface area contributed by atoms with Crippen molar-refractivity contribution in [2.75, 3.05) is 18.6 Å². The summed E-state index contributed by atoms with van der Waals surface area (Å²) in [6.45, 7) is -1.07. The molecule has 0 spiro atoms. The summed E-state index contributed by atoms with van der Waals surface area (Å²) in [7, 11) is 0.897. The highest BCUT2D eigenvalue weighted by atomic mass is 19.3. The van der Waals surface area contributed by atoms with Crippen molar-refractivity contribution in [1.29, 1.82) is 0 Å². The summed E-state index contributed by atoms with van der Waals surface area (Å²) in [4.78, 5) is 23.5. The molecule has 2 aromatic carbocycles. The standard InChI is InChI=1S/C17H8F7NO4/c1-28-12(26)5-25-10-2-6(13-8(19)3-9(20)14(21)15(13)22)7(18)4-11(10)29-17(23,24)16(25)27/h2-4H,5H2,1H3. The van der Waals surface area contributed by atoms with Crippen LogP contribution in [0.15, 0.2) is 18.2 Å². The Morgan fingerprint density at radius 1 is 1.03 bits per heavy atom. The second-order valence-electron chi connectivity index (χ2n) is 5.73. The third-order valence-electron chi connectivity index (χ3n) is 3.97. The number of amides is 1. The monoisotopic (exact) mass is 423 g/mol. The minimum Gasteiger partial charge on any atom is -0.468 e. The number of nitrogens with zero attached hydrogens (tertiary/aromatic N) is 1. The molecule has 0 aliphatic carbocycles. The Morgan fingerprint density at radius 2 is 1.69 bits per heavy atom. The van der Waals surface area contributed by atoms with Gasteiger partial charge in [-0.2, -0.15) is 8.78 Å². The molecule has 1 aliphatic rings. The van der Waals surface area contributed by atoms with E-state index >= 15 is 0 Å². The van der Waals surface area contributed by atoms with Crippen molar-refractivity contribution >= 4 is 17.6 Å². The van der Waals surface area contributed by atoms with E-state index in [1.54, 1.807) is 0 Å². The first-order valence-corrected chi connectivity index (χ1v) is 7.60. The Balaban J connectivity index is 2.25. The lowest BCUT2D eigenvalue weighted by Crippen LogP contribution is -2.52. The number of halogens is 7. The lowest BCUT2D eigenvalue weighted by atomic mass is 10.0. The molecule has 0 radical (unpaired) electrons. The van der Waals surface area contributed by atoms with Crippen molar-refractivity contribution in [2.24, 2.45) is 0 Å². The van der Waals surface area contributed by atoms with Crippen molar-refractivity contribution < 1.29 is 49.8 Å². The minimum absolute atomic E-state index is 0.0470. The maximum absolute atomic E-state index is 14.4. The van der Waals surface area contributed by atoms with Crippen LogP contribution >= 0.6 is 0 Å². The normalized spacial score (nSPS) is 15.0. The highest BCUT2D eigenvalue weighted by Gasteiger charge is 2.51. The van der Waals surface area contributed by atoms with E-state index in [1.165, 1.54) is 0 Å². The molecule has 0 saturated heterocycles. The third kappa shape index (κ3) is 3.34. The van der Waals surface area contributed by atoms with Gasteiger partial charge in [0.1, 0.15) is 18.2 Å². The summed E-state index contributed by atoms with van der Waals surface area (Å²) in [6, 6.07) is 0.698. The Bertz CT molecular complexity index is 1040. The molecule has 1 heterocycles. The van der Waals surface area contributed by atoms with E-state index in [4.69, 9.17) is 0 Å². The molecule has 3 rings (SSSR count). The number of hydrogen-bond donors (Lipinski definition) is 0. The zero-order valence-electron chi connectivity index (χ0n) is 14.2. The average molecular weight is 423 g/mol. The third-order valence-corrected chi connectivity index (χ3v) is 3.97. The number of fused-ring (bicyclic) bond motifs is 1. The molecule has 0 N–H and O–H groups in total. The Hall–Kier alpha value is -3.31. The first kappa shape index (κ1) is 20.4. The average Bonchev–Trinajstić information content (AvgIpc) is 2.64. The lowest BCUT2D eigenvalue weighted by molar-refractivity contribution is -0.193. The summed E-state index contributed by atoms with van der Waals surface area (Å²) in [5, 5.41) is 0. The molecule has 12 heteroatoms. The van der Waals surface area contributed by atoms with Crippen LogP contribution in [0.25, 0.3) is 11.1 Å². The molecule has 0 unspecified atom stereocenters. The van der Waals surface area contributed by atoms with Gasteiger partial charge in [0, 0.05) is 17.7 Å². The number of benzene rings is 2. The van der Waals surface area contributed by atoms with Crippen LogP contribution in [0.2, 0.25) is 0 Å². The van der Waals surface area contributed by atoms with Gasteiger partial charge in [-0.25, -0.2) is 22.0 Å². The molecular formula is C17H8F7NO4. The number of rotatable bonds is 3. The number of ether oxygens (including phenoxy) is 2. The van der Waals surface area contributed by atoms with Crippen LogP contribution in [-0.4, -0.2) is 31.6 Å². The number of hydrogen-bond acceptors (Lipinski definition) is 4. The molecule has 0 atom stereocenters. The molecule has 0 fully saturated rings. The second-order valence-corrected chi connectivity index (χ2v) is 5.73. The molecule has 5 nitrogen and oxygen atoms in total. The summed E-state index contributed by atoms with van der Waals surface area (Å²) in [5.74, 6) is -13.5. The van der Waals surface area contributed by atoms with Gasteiger partial charge in [-0.3, -0.25) is 14.5 Å². The SMILES string of the molecule is COC(=O)CN1C(=O)C(F)(F)Oc2cc(F)c(-c3c(F)cc(F)c(F)c3F)cc21. The van der Waals surface area contributed by atoms with Crippen LogP contribution in [0.4, 0.5) is 36.4 Å². The van der Waals surface area contributed by atoms with Gasteiger partial charge in [0.15, 0.2) is 23.2 Å². The molecule has 1 aliphatic heterocycles. The molecule has 0 bridgehead atoms. The zero-order chi connectivity index (χ0) is 21.7. The van der Waals surface area contributed by atoms with Gasteiger partial charge < -0.3 is 9.47 Å². The number of methoxy groups -OCH3 is 1. The van der Waals surface area contributed by atoms with Crippen molar-refractivity contribution in [2.45, 2.75) is 6.11 Å². The summed E-state index contributed by atoms with van der Waals surface area (Å²) in [6.07, 6.45) is -4.48. The second kappa shape index (κ2) is 6.94. The number of anilines is 1. The fourth-order valence-electron chi connectivity index (χ4n) is 2.64. The van der Waals surface area contributed by atoms with Crippen LogP contribution in [0, 0.1) is 29.1 Å². The number of alkyl halides is 2. The van der Waals surface area contributed by atoms with Crippen molar-refractivity contribution in [3.05, 3.63) is 47.3 Å². The van der Waals surface area contributed by atoms with Gasteiger partial charge in [0.2, 0.25) is 0 Å². The Labute approximate surface area is 157 Å². The fourth-order valence-corrected chi connectivity index (χ4v) is 2.64. The first-order valence-electron chi connectivity index (χ1n) is 7.60. The highest BCUT2D eigenvalue weighted by molar-refractivity contribution is 6.04. The van der Waals surface area contributed by atoms with E-state index < -0.39 is 76.2 Å². The summed E-state index contributed by atoms with van der Waals surface area (Å²) < 4.78 is 105. The van der Waals surface area contributed by atoms with Crippen molar-refractivity contribution in [1.82, 2.24) is 0 Å². The first-order chi connectivity index (χ1) is 13.5. The quantitative estimate of drug-likeness (QED) is 0.328.